The van der Waals surface area contributed by atoms with Crippen molar-refractivity contribution >= 4 is 58.4 Å². The molecule has 0 aliphatic heterocycles. The van der Waals surface area contributed by atoms with Crippen LogP contribution in [0.15, 0.2) is 42.5 Å². The van der Waals surface area contributed by atoms with Gasteiger partial charge >= 0.3 is 0 Å². The minimum Gasteiger partial charge on any atom is -0.352 e. The minimum absolute atomic E-state index is 0.0874. The van der Waals surface area contributed by atoms with Crippen molar-refractivity contribution in [2.75, 3.05) is 5.75 Å². The molecular formula is C26H31Cl3N2O2S. The van der Waals surface area contributed by atoms with Gasteiger partial charge in [0.05, 0.1) is 5.75 Å². The quantitative estimate of drug-likeness (QED) is 0.348. The summed E-state index contributed by atoms with van der Waals surface area (Å²) in [6.45, 7) is 2.20. The highest BCUT2D eigenvalue weighted by Crippen LogP contribution is 2.25. The molecule has 0 aromatic heterocycles. The summed E-state index contributed by atoms with van der Waals surface area (Å²) in [4.78, 5) is 28.3. The molecule has 0 bridgehead atoms. The second-order valence-corrected chi connectivity index (χ2v) is 10.9. The Labute approximate surface area is 221 Å². The Morgan fingerprint density at radius 3 is 2.35 bits per heavy atom. The second kappa shape index (κ2) is 13.6. The van der Waals surface area contributed by atoms with E-state index in [1.165, 1.54) is 18.2 Å². The average molecular weight is 542 g/mol. The van der Waals surface area contributed by atoms with E-state index in [9.17, 15) is 9.59 Å². The van der Waals surface area contributed by atoms with Gasteiger partial charge in [0.1, 0.15) is 6.04 Å². The molecule has 184 valence electrons. The molecule has 1 fully saturated rings. The maximum Gasteiger partial charge on any atom is 0.243 e. The first kappa shape index (κ1) is 27.2. The molecule has 34 heavy (non-hydrogen) atoms. The summed E-state index contributed by atoms with van der Waals surface area (Å²) in [5.41, 5.74) is 1.86. The molecule has 4 nitrogen and oxygen atoms in total. The summed E-state index contributed by atoms with van der Waals surface area (Å²) in [6, 6.07) is 12.5. The fraction of sp³-hybridized carbons (Fsp3) is 0.462. The van der Waals surface area contributed by atoms with Crippen molar-refractivity contribution < 1.29 is 9.59 Å². The van der Waals surface area contributed by atoms with E-state index in [-0.39, 0.29) is 30.2 Å². The largest absolute Gasteiger partial charge is 0.352 e. The highest BCUT2D eigenvalue weighted by atomic mass is 35.5. The van der Waals surface area contributed by atoms with Gasteiger partial charge in [-0.3, -0.25) is 9.59 Å². The first-order valence-corrected chi connectivity index (χ1v) is 14.0. The Morgan fingerprint density at radius 2 is 1.71 bits per heavy atom. The molecule has 0 radical (unpaired) electrons. The third kappa shape index (κ3) is 8.08. The molecule has 2 aromatic carbocycles. The molecule has 2 aromatic rings. The monoisotopic (exact) mass is 540 g/mol. The number of halogens is 3. The van der Waals surface area contributed by atoms with Crippen LogP contribution in [-0.4, -0.2) is 34.6 Å². The molecule has 1 saturated carbocycles. The van der Waals surface area contributed by atoms with E-state index in [1.54, 1.807) is 17.0 Å². The van der Waals surface area contributed by atoms with Crippen LogP contribution in [0.1, 0.15) is 56.6 Å². The smallest absolute Gasteiger partial charge is 0.243 e. The number of hydrogen-bond donors (Lipinski definition) is 1. The topological polar surface area (TPSA) is 49.4 Å². The van der Waals surface area contributed by atoms with Crippen molar-refractivity contribution in [3.05, 3.63) is 68.7 Å². The lowest BCUT2D eigenvalue weighted by Gasteiger charge is -2.33. The van der Waals surface area contributed by atoms with Gasteiger partial charge < -0.3 is 10.2 Å². The van der Waals surface area contributed by atoms with E-state index in [1.807, 2.05) is 37.3 Å². The molecule has 1 atom stereocenters. The molecule has 2 amide bonds. The van der Waals surface area contributed by atoms with Crippen molar-refractivity contribution in [3.8, 4) is 0 Å². The van der Waals surface area contributed by atoms with Crippen molar-refractivity contribution in [2.45, 2.75) is 69.8 Å². The molecule has 8 heteroatoms. The number of carbonyl (C=O) groups excluding carboxylic acids is 2. The maximum absolute atomic E-state index is 13.4. The zero-order chi connectivity index (χ0) is 24.5. The molecule has 0 unspecified atom stereocenters. The molecule has 0 saturated heterocycles. The van der Waals surface area contributed by atoms with E-state index in [0.29, 0.717) is 27.2 Å². The standard InChI is InChI=1S/C26H31Cl3N2O2S/c1-2-24(26(33)30-22-6-4-3-5-7-22)31(15-19-10-13-21(28)14-23(19)29)25(32)17-34-16-18-8-11-20(27)12-9-18/h8-14,22,24H,2-7,15-17H2,1H3,(H,30,33)/t24-/m1/s1. The second-order valence-electron chi connectivity index (χ2n) is 8.64. The van der Waals surface area contributed by atoms with E-state index in [4.69, 9.17) is 34.8 Å². The van der Waals surface area contributed by atoms with Crippen LogP contribution in [0.4, 0.5) is 0 Å². The molecule has 0 spiro atoms. The van der Waals surface area contributed by atoms with Crippen molar-refractivity contribution in [3.63, 3.8) is 0 Å². The Hall–Kier alpha value is -1.40. The lowest BCUT2D eigenvalue weighted by Crippen LogP contribution is -2.52. The molecule has 1 aliphatic carbocycles. The van der Waals surface area contributed by atoms with E-state index in [2.05, 4.69) is 5.32 Å². The van der Waals surface area contributed by atoms with E-state index < -0.39 is 6.04 Å². The minimum atomic E-state index is -0.558. The van der Waals surface area contributed by atoms with Crippen LogP contribution in [0.25, 0.3) is 0 Å². The summed E-state index contributed by atoms with van der Waals surface area (Å²) in [5, 5.41) is 4.90. The Balaban J connectivity index is 1.72. The molecule has 3 rings (SSSR count). The normalized spacial score (nSPS) is 15.1. The van der Waals surface area contributed by atoms with Crippen molar-refractivity contribution in [1.29, 1.82) is 0 Å². The average Bonchev–Trinajstić information content (AvgIpc) is 2.82. The Bertz CT molecular complexity index is 965. The summed E-state index contributed by atoms with van der Waals surface area (Å²) in [6.07, 6.45) is 6.00. The predicted octanol–water partition coefficient (Wildman–Crippen LogP) is 7.14. The fourth-order valence-electron chi connectivity index (χ4n) is 4.22. The number of nitrogens with one attached hydrogen (secondary N) is 1. The maximum atomic E-state index is 13.4. The molecule has 1 aliphatic rings. The molecule has 0 heterocycles. The van der Waals surface area contributed by atoms with Crippen molar-refractivity contribution in [2.24, 2.45) is 0 Å². The van der Waals surface area contributed by atoms with Crippen LogP contribution in [-0.2, 0) is 21.9 Å². The summed E-state index contributed by atoms with van der Waals surface area (Å²) >= 11 is 20.0. The predicted molar refractivity (Wildman–Crippen MR) is 144 cm³/mol. The van der Waals surface area contributed by atoms with Crippen LogP contribution >= 0.6 is 46.6 Å². The van der Waals surface area contributed by atoms with Crippen LogP contribution in [0, 0.1) is 0 Å². The summed E-state index contributed by atoms with van der Waals surface area (Å²) in [7, 11) is 0. The van der Waals surface area contributed by atoms with Crippen molar-refractivity contribution in [1.82, 2.24) is 10.2 Å². The van der Waals surface area contributed by atoms with Gasteiger partial charge in [0.25, 0.3) is 0 Å². The van der Waals surface area contributed by atoms with Gasteiger partial charge in [0.2, 0.25) is 11.8 Å². The first-order chi connectivity index (χ1) is 16.4. The zero-order valence-corrected chi connectivity index (χ0v) is 22.5. The third-order valence-corrected chi connectivity index (χ3v) is 7.93. The van der Waals surface area contributed by atoms with Crippen LogP contribution < -0.4 is 5.32 Å². The van der Waals surface area contributed by atoms with Crippen LogP contribution in [0.3, 0.4) is 0 Å². The lowest BCUT2D eigenvalue weighted by atomic mass is 9.95. The van der Waals surface area contributed by atoms with Gasteiger partial charge in [0.15, 0.2) is 0 Å². The number of rotatable bonds is 10. The number of amides is 2. The van der Waals surface area contributed by atoms with Crippen LogP contribution in [0.2, 0.25) is 15.1 Å². The van der Waals surface area contributed by atoms with Gasteiger partial charge in [-0.1, -0.05) is 79.2 Å². The summed E-state index contributed by atoms with van der Waals surface area (Å²) in [5.74, 6) is 0.774. The molecule has 1 N–H and O–H groups in total. The lowest BCUT2D eigenvalue weighted by molar-refractivity contribution is -0.139. The fourth-order valence-corrected chi connectivity index (χ4v) is 5.68. The zero-order valence-electron chi connectivity index (χ0n) is 19.4. The number of hydrogen-bond acceptors (Lipinski definition) is 3. The highest BCUT2D eigenvalue weighted by molar-refractivity contribution is 7.99. The van der Waals surface area contributed by atoms with Gasteiger partial charge in [-0.2, -0.15) is 0 Å². The number of benzene rings is 2. The summed E-state index contributed by atoms with van der Waals surface area (Å²) < 4.78 is 0. The van der Waals surface area contributed by atoms with E-state index >= 15 is 0 Å². The number of nitrogens with zero attached hydrogens (tertiary/aromatic N) is 1. The van der Waals surface area contributed by atoms with Gasteiger partial charge in [-0.25, -0.2) is 0 Å². The Morgan fingerprint density at radius 1 is 1.03 bits per heavy atom. The van der Waals surface area contributed by atoms with Crippen LogP contribution in [0.5, 0.6) is 0 Å². The first-order valence-electron chi connectivity index (χ1n) is 11.7. The van der Waals surface area contributed by atoms with E-state index in [0.717, 1.165) is 36.8 Å². The van der Waals surface area contributed by atoms with Gasteiger partial charge in [0, 0.05) is 33.4 Å². The number of thioether (sulfide) groups is 1. The molecular weight excluding hydrogens is 511 g/mol. The van der Waals surface area contributed by atoms with Gasteiger partial charge in [-0.05, 0) is 54.7 Å². The SMILES string of the molecule is CC[C@H](C(=O)NC1CCCCC1)N(Cc1ccc(Cl)cc1Cl)C(=O)CSCc1ccc(Cl)cc1. The Kier molecular flexibility index (Phi) is 10.9. The highest BCUT2D eigenvalue weighted by Gasteiger charge is 2.30. The van der Waals surface area contributed by atoms with Gasteiger partial charge in [-0.15, -0.1) is 11.8 Å². The third-order valence-electron chi connectivity index (χ3n) is 6.10. The number of carbonyl (C=O) groups is 2.